The van der Waals surface area contributed by atoms with Gasteiger partial charge in [0.25, 0.3) is 0 Å². The Hall–Kier alpha value is -3.05. The molecule has 0 amide bonds. The standard InChI is InChI=1S/C27H28F3N3OS/c1-4-5-8-16-11-12-22(35-16)23-17(15-31)25(32)33(19-10-7-6-9-18(19)27(28,29)30)20-13-26(2,3)14-21(34)24(20)23/h6-7,9-12,23H,4-5,8,13-14,32H2,1-3H3. The third-order valence-electron chi connectivity index (χ3n) is 6.58. The van der Waals surface area contributed by atoms with Crippen LogP contribution in [0.4, 0.5) is 18.9 Å². The van der Waals surface area contributed by atoms with Crippen LogP contribution < -0.4 is 10.6 Å². The maximum absolute atomic E-state index is 14.0. The second-order valence-corrected chi connectivity index (χ2v) is 11.1. The number of allylic oxidation sites excluding steroid dienone is 3. The lowest BCUT2D eigenvalue weighted by molar-refractivity contribution is -0.137. The molecule has 0 spiro atoms. The molecular formula is C27H28F3N3OS. The highest BCUT2D eigenvalue weighted by atomic mass is 32.1. The molecule has 1 unspecified atom stereocenters. The van der Waals surface area contributed by atoms with Crippen molar-refractivity contribution in [3.05, 3.63) is 74.4 Å². The number of para-hydroxylation sites is 1. The molecular weight excluding hydrogens is 471 g/mol. The zero-order chi connectivity index (χ0) is 25.5. The van der Waals surface area contributed by atoms with Crippen LogP contribution in [0.3, 0.4) is 0 Å². The van der Waals surface area contributed by atoms with Crippen molar-refractivity contribution in [2.45, 2.75) is 65.0 Å². The summed E-state index contributed by atoms with van der Waals surface area (Å²) in [6.45, 7) is 5.95. The number of carbonyl (C=O) groups is 1. The molecule has 2 aromatic rings. The Morgan fingerprint density at radius 1 is 1.20 bits per heavy atom. The van der Waals surface area contributed by atoms with E-state index in [-0.39, 0.29) is 29.3 Å². The lowest BCUT2D eigenvalue weighted by atomic mass is 9.69. The second kappa shape index (κ2) is 9.19. The number of anilines is 1. The van der Waals surface area contributed by atoms with Crippen molar-refractivity contribution < 1.29 is 18.0 Å². The summed E-state index contributed by atoms with van der Waals surface area (Å²) in [7, 11) is 0. The van der Waals surface area contributed by atoms with Gasteiger partial charge < -0.3 is 5.73 Å². The van der Waals surface area contributed by atoms with Crippen molar-refractivity contribution >= 4 is 22.8 Å². The van der Waals surface area contributed by atoms with Gasteiger partial charge in [0.15, 0.2) is 5.78 Å². The van der Waals surface area contributed by atoms with E-state index >= 15 is 0 Å². The van der Waals surface area contributed by atoms with E-state index in [4.69, 9.17) is 5.73 Å². The maximum Gasteiger partial charge on any atom is 0.418 e. The molecule has 0 saturated carbocycles. The number of hydrogen-bond acceptors (Lipinski definition) is 5. The predicted octanol–water partition coefficient (Wildman–Crippen LogP) is 7.05. The summed E-state index contributed by atoms with van der Waals surface area (Å²) >= 11 is 1.54. The number of nitrogens with zero attached hydrogens (tertiary/aromatic N) is 2. The van der Waals surface area contributed by atoms with E-state index < -0.39 is 23.1 Å². The number of nitrogens with two attached hydrogens (primary N) is 1. The van der Waals surface area contributed by atoms with E-state index in [0.29, 0.717) is 17.7 Å². The number of unbranched alkanes of at least 4 members (excludes halogenated alkanes) is 1. The van der Waals surface area contributed by atoms with E-state index in [9.17, 15) is 23.2 Å². The van der Waals surface area contributed by atoms with Gasteiger partial charge in [-0.25, -0.2) is 0 Å². The number of alkyl halides is 3. The molecule has 2 heterocycles. The Labute approximate surface area is 207 Å². The topological polar surface area (TPSA) is 70.1 Å². The minimum atomic E-state index is -4.63. The van der Waals surface area contributed by atoms with E-state index in [1.54, 1.807) is 0 Å². The first-order valence-electron chi connectivity index (χ1n) is 11.7. The zero-order valence-corrected chi connectivity index (χ0v) is 20.8. The first kappa shape index (κ1) is 25.1. The Balaban J connectivity index is 1.96. The molecule has 184 valence electrons. The smallest absolute Gasteiger partial charge is 0.384 e. The van der Waals surface area contributed by atoms with Crippen molar-refractivity contribution in [3.63, 3.8) is 0 Å². The number of carbonyl (C=O) groups excluding carboxylic acids is 1. The van der Waals surface area contributed by atoms with E-state index in [2.05, 4.69) is 13.0 Å². The van der Waals surface area contributed by atoms with Crippen molar-refractivity contribution in [1.29, 1.82) is 5.26 Å². The number of halogens is 3. The summed E-state index contributed by atoms with van der Waals surface area (Å²) in [5.41, 5.74) is 5.96. The van der Waals surface area contributed by atoms with E-state index in [1.165, 1.54) is 34.4 Å². The molecule has 4 nitrogen and oxygen atoms in total. The maximum atomic E-state index is 14.0. The van der Waals surface area contributed by atoms with Crippen molar-refractivity contribution in [2.24, 2.45) is 11.1 Å². The minimum Gasteiger partial charge on any atom is -0.384 e. The van der Waals surface area contributed by atoms with Crippen molar-refractivity contribution in [3.8, 4) is 6.07 Å². The van der Waals surface area contributed by atoms with Crippen LogP contribution in [0.15, 0.2) is 59.1 Å². The quantitative estimate of drug-likeness (QED) is 0.479. The van der Waals surface area contributed by atoms with Crippen molar-refractivity contribution in [1.82, 2.24) is 0 Å². The lowest BCUT2D eigenvalue weighted by Gasteiger charge is -2.44. The van der Waals surface area contributed by atoms with Gasteiger partial charge in [0.2, 0.25) is 0 Å². The van der Waals surface area contributed by atoms with Crippen molar-refractivity contribution in [2.75, 3.05) is 4.90 Å². The van der Waals surface area contributed by atoms with Gasteiger partial charge in [-0.2, -0.15) is 18.4 Å². The van der Waals surface area contributed by atoms with Crippen LogP contribution >= 0.6 is 11.3 Å². The number of thiophene rings is 1. The Kier molecular flexibility index (Phi) is 6.58. The molecule has 1 aliphatic carbocycles. The zero-order valence-electron chi connectivity index (χ0n) is 20.0. The highest BCUT2D eigenvalue weighted by Crippen LogP contribution is 2.52. The van der Waals surface area contributed by atoms with Crippen LogP contribution in [0.1, 0.15) is 67.7 Å². The van der Waals surface area contributed by atoms with Gasteiger partial charge in [-0.05, 0) is 48.9 Å². The molecule has 1 aromatic heterocycles. The third-order valence-corrected chi connectivity index (χ3v) is 7.78. The fraction of sp³-hybridized carbons (Fsp3) is 0.407. The molecule has 1 aliphatic heterocycles. The van der Waals surface area contributed by atoms with E-state index in [0.717, 1.165) is 35.1 Å². The number of benzene rings is 1. The number of nitriles is 1. The first-order valence-corrected chi connectivity index (χ1v) is 12.5. The lowest BCUT2D eigenvalue weighted by Crippen LogP contribution is -2.42. The van der Waals surface area contributed by atoms with Crippen LogP contribution in [0.5, 0.6) is 0 Å². The summed E-state index contributed by atoms with van der Waals surface area (Å²) in [6, 6.07) is 11.2. The van der Waals surface area contributed by atoms with Gasteiger partial charge in [0.05, 0.1) is 28.8 Å². The molecule has 35 heavy (non-hydrogen) atoms. The number of aryl methyl sites for hydroxylation is 1. The summed E-state index contributed by atoms with van der Waals surface area (Å²) < 4.78 is 41.9. The van der Waals surface area contributed by atoms with Gasteiger partial charge in [-0.3, -0.25) is 9.69 Å². The van der Waals surface area contributed by atoms with Gasteiger partial charge in [-0.1, -0.05) is 39.3 Å². The molecule has 0 radical (unpaired) electrons. The third kappa shape index (κ3) is 4.62. The average Bonchev–Trinajstić information content (AvgIpc) is 3.24. The fourth-order valence-electron chi connectivity index (χ4n) is 5.01. The van der Waals surface area contributed by atoms with E-state index in [1.807, 2.05) is 26.0 Å². The minimum absolute atomic E-state index is 0.0537. The Morgan fingerprint density at radius 2 is 1.91 bits per heavy atom. The summed E-state index contributed by atoms with van der Waals surface area (Å²) in [6.07, 6.45) is -1.04. The molecule has 8 heteroatoms. The Bertz CT molecular complexity index is 1260. The summed E-state index contributed by atoms with van der Waals surface area (Å²) in [5, 5.41) is 10.1. The van der Waals surface area contributed by atoms with Crippen LogP contribution in [-0.4, -0.2) is 5.78 Å². The first-order chi connectivity index (χ1) is 16.5. The largest absolute Gasteiger partial charge is 0.418 e. The van der Waals surface area contributed by atoms with Gasteiger partial charge in [0.1, 0.15) is 5.82 Å². The number of Topliss-reactive ketones (excluding diaryl/α,β-unsaturated/α-hetero) is 1. The molecule has 2 N–H and O–H groups in total. The number of ketones is 1. The highest BCUT2D eigenvalue weighted by Gasteiger charge is 2.46. The highest BCUT2D eigenvalue weighted by molar-refractivity contribution is 7.12. The fourth-order valence-corrected chi connectivity index (χ4v) is 6.19. The molecule has 1 aromatic carbocycles. The van der Waals surface area contributed by atoms with Crippen LogP contribution in [0.25, 0.3) is 0 Å². The normalized spacial score (nSPS) is 20.2. The van der Waals surface area contributed by atoms with Gasteiger partial charge in [0, 0.05) is 27.4 Å². The average molecular weight is 500 g/mol. The van der Waals surface area contributed by atoms with Crippen LogP contribution in [0, 0.1) is 16.7 Å². The number of hydrogen-bond donors (Lipinski definition) is 1. The molecule has 2 aliphatic rings. The SMILES string of the molecule is CCCCc1ccc(C2C(C#N)=C(N)N(c3ccccc3C(F)(F)F)C3=C2C(=O)CC(C)(C)C3)s1. The molecule has 0 fully saturated rings. The second-order valence-electron chi connectivity index (χ2n) is 9.90. The Morgan fingerprint density at radius 3 is 2.57 bits per heavy atom. The molecule has 4 rings (SSSR count). The predicted molar refractivity (Wildman–Crippen MR) is 131 cm³/mol. The van der Waals surface area contributed by atoms with Gasteiger partial charge in [-0.15, -0.1) is 11.3 Å². The van der Waals surface area contributed by atoms with Crippen LogP contribution in [0.2, 0.25) is 0 Å². The summed E-state index contributed by atoms with van der Waals surface area (Å²) in [5.74, 6) is -0.880. The van der Waals surface area contributed by atoms with Gasteiger partial charge >= 0.3 is 6.18 Å². The van der Waals surface area contributed by atoms with Crippen LogP contribution in [-0.2, 0) is 17.4 Å². The molecule has 1 atom stereocenters. The monoisotopic (exact) mass is 499 g/mol. The number of rotatable bonds is 5. The summed E-state index contributed by atoms with van der Waals surface area (Å²) in [4.78, 5) is 16.8. The molecule has 0 bridgehead atoms. The molecule has 0 saturated heterocycles.